The fraction of sp³-hybridized carbons (Fsp3) is 0.471. The van der Waals surface area contributed by atoms with Gasteiger partial charge in [-0.15, -0.1) is 12.3 Å². The molecular formula is C34H42N2O6S. The molecule has 0 aliphatic heterocycles. The molecule has 43 heavy (non-hydrogen) atoms. The summed E-state index contributed by atoms with van der Waals surface area (Å²) in [5.74, 6) is 5.75. The topological polar surface area (TPSA) is 133 Å². The van der Waals surface area contributed by atoms with Crippen LogP contribution in [0.15, 0.2) is 65.6 Å². The highest BCUT2D eigenvalue weighted by Crippen LogP contribution is 2.28. The molecule has 1 fully saturated rings. The fourth-order valence-electron chi connectivity index (χ4n) is 5.43. The van der Waals surface area contributed by atoms with Crippen molar-refractivity contribution in [1.29, 1.82) is 0 Å². The number of nitrogens with one attached hydrogen (secondary N) is 2. The predicted octanol–water partition coefficient (Wildman–Crippen LogP) is 3.03. The maximum atomic E-state index is 13.1. The molecule has 8 nitrogen and oxygen atoms in total. The largest absolute Gasteiger partial charge is 0.389 e. The quantitative estimate of drug-likeness (QED) is 0.193. The van der Waals surface area contributed by atoms with Crippen molar-refractivity contribution < 1.29 is 28.2 Å². The number of carbonyl (C=O) groups excluding carboxylic acids is 2. The van der Waals surface area contributed by atoms with E-state index in [4.69, 9.17) is 6.42 Å². The summed E-state index contributed by atoms with van der Waals surface area (Å²) in [5, 5.41) is 26.4. The Bertz CT molecular complexity index is 1370. The third kappa shape index (κ3) is 11.5. The summed E-state index contributed by atoms with van der Waals surface area (Å²) in [6, 6.07) is 16.6. The van der Waals surface area contributed by atoms with Crippen molar-refractivity contribution in [1.82, 2.24) is 10.6 Å². The number of carbonyl (C=O) groups is 2. The Morgan fingerprint density at radius 1 is 0.977 bits per heavy atom. The number of sulfone groups is 1. The van der Waals surface area contributed by atoms with E-state index in [1.807, 2.05) is 30.3 Å². The third-order valence-electron chi connectivity index (χ3n) is 7.73. The molecule has 0 heterocycles. The molecule has 4 N–H and O–H groups in total. The Morgan fingerprint density at radius 3 is 2.28 bits per heavy atom. The molecule has 4 atom stereocenters. The van der Waals surface area contributed by atoms with Gasteiger partial charge in [0.2, 0.25) is 5.91 Å². The number of aliphatic hydroxyl groups is 2. The molecule has 230 valence electrons. The number of hydrogen-bond donors (Lipinski definition) is 4. The fourth-order valence-corrected chi connectivity index (χ4v) is 6.99. The smallest absolute Gasteiger partial charge is 0.296 e. The normalized spacial score (nSPS) is 16.4. The first-order chi connectivity index (χ1) is 20.7. The first-order valence-corrected chi connectivity index (χ1v) is 16.5. The van der Waals surface area contributed by atoms with Gasteiger partial charge in [-0.25, -0.2) is 8.42 Å². The Hall–Kier alpha value is -3.63. The number of hydrogen-bond acceptors (Lipinski definition) is 6. The summed E-state index contributed by atoms with van der Waals surface area (Å²) in [5.41, 5.74) is 0.847. The number of benzene rings is 2. The molecule has 0 radical (unpaired) electrons. The monoisotopic (exact) mass is 606 g/mol. The molecule has 3 rings (SSSR count). The number of rotatable bonds is 14. The van der Waals surface area contributed by atoms with Gasteiger partial charge in [0, 0.05) is 19.4 Å². The van der Waals surface area contributed by atoms with E-state index < -0.39 is 45.8 Å². The summed E-state index contributed by atoms with van der Waals surface area (Å²) in [6.45, 7) is 0.130. The lowest BCUT2D eigenvalue weighted by molar-refractivity contribution is -0.124. The second-order valence-corrected chi connectivity index (χ2v) is 13.1. The van der Waals surface area contributed by atoms with Crippen LogP contribution in [0.3, 0.4) is 0 Å². The van der Waals surface area contributed by atoms with Crippen molar-refractivity contribution in [2.24, 2.45) is 11.8 Å². The van der Waals surface area contributed by atoms with E-state index in [0.717, 1.165) is 31.2 Å². The summed E-state index contributed by atoms with van der Waals surface area (Å²) < 4.78 is 26.1. The Labute approximate surface area is 255 Å². The van der Waals surface area contributed by atoms with E-state index >= 15 is 0 Å². The van der Waals surface area contributed by atoms with Crippen LogP contribution in [0.1, 0.15) is 56.9 Å². The zero-order valence-corrected chi connectivity index (χ0v) is 25.3. The average Bonchev–Trinajstić information content (AvgIpc) is 3.01. The molecule has 2 amide bonds. The molecular weight excluding hydrogens is 564 g/mol. The van der Waals surface area contributed by atoms with E-state index in [1.165, 1.54) is 18.6 Å². The van der Waals surface area contributed by atoms with Crippen molar-refractivity contribution in [3.63, 3.8) is 0 Å². The van der Waals surface area contributed by atoms with Crippen LogP contribution in [0.4, 0.5) is 0 Å². The Morgan fingerprint density at radius 2 is 1.63 bits per heavy atom. The standard InChI is InChI=1S/C34H42N2O6S/c1-2-14-31(37)33(39)30(24-27-17-8-4-9-18-27)36-32(38)21-12-13-22-35-34(40)28(23-26-15-6-3-7-16-26)25-43(41,42)29-19-10-5-11-20-29/h1,3,5-7,10-11,15-16,19-20,27-28,30-31,33,37,39H,4,8-9,13-14,17-18,22-25H2,(H,35,40)(H,36,38)/t28-,30+,31-,33+/m0/s1. The lowest BCUT2D eigenvalue weighted by Gasteiger charge is -2.31. The first kappa shape index (κ1) is 33.9. The average molecular weight is 607 g/mol. The zero-order chi connectivity index (χ0) is 31.1. The van der Waals surface area contributed by atoms with E-state index in [9.17, 15) is 28.2 Å². The summed E-state index contributed by atoms with van der Waals surface area (Å²) in [6.07, 6.45) is 9.24. The SMILES string of the molecule is C#CC[C@H](O)[C@H](O)[C@@H](CC1CCCCC1)NC(=O)C#CCCNC(=O)[C@@H](Cc1ccccc1)CS(=O)(=O)c1ccccc1. The molecule has 1 aliphatic rings. The highest BCUT2D eigenvalue weighted by Gasteiger charge is 2.30. The van der Waals surface area contributed by atoms with Crippen LogP contribution in [-0.2, 0) is 25.8 Å². The van der Waals surface area contributed by atoms with Crippen LogP contribution >= 0.6 is 0 Å². The molecule has 0 unspecified atom stereocenters. The zero-order valence-electron chi connectivity index (χ0n) is 24.5. The molecule has 2 aromatic rings. The van der Waals surface area contributed by atoms with Gasteiger partial charge < -0.3 is 20.8 Å². The first-order valence-electron chi connectivity index (χ1n) is 14.9. The van der Waals surface area contributed by atoms with Gasteiger partial charge in [0.1, 0.15) is 6.10 Å². The highest BCUT2D eigenvalue weighted by atomic mass is 32.2. The second-order valence-electron chi connectivity index (χ2n) is 11.1. The van der Waals surface area contributed by atoms with E-state index in [1.54, 1.807) is 18.2 Å². The minimum Gasteiger partial charge on any atom is -0.389 e. The van der Waals surface area contributed by atoms with Crippen LogP contribution in [0.2, 0.25) is 0 Å². The Kier molecular flexibility index (Phi) is 13.8. The molecule has 1 aliphatic carbocycles. The van der Waals surface area contributed by atoms with Crippen LogP contribution in [0, 0.1) is 36.0 Å². The third-order valence-corrected chi connectivity index (χ3v) is 9.56. The van der Waals surface area contributed by atoms with Gasteiger partial charge in [-0.1, -0.05) is 86.6 Å². The number of terminal acetylenes is 1. The van der Waals surface area contributed by atoms with Gasteiger partial charge in [0.15, 0.2) is 9.84 Å². The molecule has 0 saturated heterocycles. The van der Waals surface area contributed by atoms with Crippen molar-refractivity contribution in [3.05, 3.63) is 66.2 Å². The highest BCUT2D eigenvalue weighted by molar-refractivity contribution is 7.91. The summed E-state index contributed by atoms with van der Waals surface area (Å²) >= 11 is 0. The molecule has 0 spiro atoms. The summed E-state index contributed by atoms with van der Waals surface area (Å²) in [4.78, 5) is 25.9. The van der Waals surface area contributed by atoms with E-state index in [-0.39, 0.29) is 36.5 Å². The predicted molar refractivity (Wildman–Crippen MR) is 166 cm³/mol. The van der Waals surface area contributed by atoms with Crippen LogP contribution in [-0.4, -0.2) is 61.0 Å². The van der Waals surface area contributed by atoms with Crippen molar-refractivity contribution in [2.75, 3.05) is 12.3 Å². The molecule has 0 bridgehead atoms. The van der Waals surface area contributed by atoms with Crippen LogP contribution in [0.25, 0.3) is 0 Å². The van der Waals surface area contributed by atoms with Gasteiger partial charge in [0.25, 0.3) is 5.91 Å². The molecule has 9 heteroatoms. The lowest BCUT2D eigenvalue weighted by atomic mass is 9.83. The molecule has 2 aromatic carbocycles. The number of aliphatic hydroxyl groups excluding tert-OH is 2. The minimum atomic E-state index is -3.70. The minimum absolute atomic E-state index is 0.0263. The lowest BCUT2D eigenvalue weighted by Crippen LogP contribution is -2.49. The summed E-state index contributed by atoms with van der Waals surface area (Å²) in [7, 11) is -3.70. The second kappa shape index (κ2) is 17.5. The van der Waals surface area contributed by atoms with Crippen molar-refractivity contribution in [2.45, 2.75) is 80.9 Å². The van der Waals surface area contributed by atoms with E-state index in [0.29, 0.717) is 12.3 Å². The van der Waals surface area contributed by atoms with Gasteiger partial charge >= 0.3 is 0 Å². The van der Waals surface area contributed by atoms with Crippen molar-refractivity contribution >= 4 is 21.7 Å². The van der Waals surface area contributed by atoms with Gasteiger partial charge in [-0.2, -0.15) is 0 Å². The maximum Gasteiger partial charge on any atom is 0.296 e. The van der Waals surface area contributed by atoms with Gasteiger partial charge in [-0.3, -0.25) is 9.59 Å². The van der Waals surface area contributed by atoms with Gasteiger partial charge in [-0.05, 0) is 42.4 Å². The van der Waals surface area contributed by atoms with Gasteiger partial charge in [0.05, 0.1) is 28.7 Å². The van der Waals surface area contributed by atoms with Crippen LogP contribution < -0.4 is 10.6 Å². The van der Waals surface area contributed by atoms with Crippen LogP contribution in [0.5, 0.6) is 0 Å². The van der Waals surface area contributed by atoms with E-state index in [2.05, 4.69) is 28.4 Å². The molecule has 0 aromatic heterocycles. The maximum absolute atomic E-state index is 13.1. The van der Waals surface area contributed by atoms with Crippen molar-refractivity contribution in [3.8, 4) is 24.2 Å². The Balaban J connectivity index is 1.57. The molecule has 1 saturated carbocycles. The number of amides is 2.